The maximum Gasteiger partial charge on any atom is 0.407 e. The van der Waals surface area contributed by atoms with E-state index in [1.165, 1.54) is 0 Å². The van der Waals surface area contributed by atoms with Crippen LogP contribution in [0.5, 0.6) is 0 Å². The summed E-state index contributed by atoms with van der Waals surface area (Å²) < 4.78 is 29.3. The van der Waals surface area contributed by atoms with Crippen LogP contribution < -0.4 is 5.32 Å². The first kappa shape index (κ1) is 20.8. The van der Waals surface area contributed by atoms with Crippen molar-refractivity contribution in [3.8, 4) is 11.1 Å². The van der Waals surface area contributed by atoms with E-state index in [0.29, 0.717) is 0 Å². The number of amides is 1. The maximum absolute atomic E-state index is 12.1. The zero-order valence-corrected chi connectivity index (χ0v) is 16.7. The normalized spacial score (nSPS) is 13.0. The van der Waals surface area contributed by atoms with E-state index in [4.69, 9.17) is 9.84 Å². The number of carbonyl (C=O) groups excluding carboxylic acids is 1. The third-order valence-electron chi connectivity index (χ3n) is 4.75. The molecule has 1 amide bonds. The predicted molar refractivity (Wildman–Crippen MR) is 107 cm³/mol. The number of aliphatic carboxylic acids is 1. The van der Waals surface area contributed by atoms with Gasteiger partial charge in [-0.05, 0) is 22.3 Å². The SMILES string of the molecule is CS(=O)(=O)N(CCNC(=O)OCC1c2ccccc2-c2ccccc21)CC(=O)O. The molecule has 29 heavy (non-hydrogen) atoms. The number of ether oxygens (including phenoxy) is 1. The summed E-state index contributed by atoms with van der Waals surface area (Å²) in [4.78, 5) is 22.8. The van der Waals surface area contributed by atoms with Gasteiger partial charge in [0.1, 0.15) is 13.2 Å². The third kappa shape index (κ3) is 4.93. The largest absolute Gasteiger partial charge is 0.480 e. The van der Waals surface area contributed by atoms with Gasteiger partial charge in [-0.3, -0.25) is 4.79 Å². The molecule has 0 radical (unpaired) electrons. The Bertz CT molecular complexity index is 976. The summed E-state index contributed by atoms with van der Waals surface area (Å²) in [7, 11) is -3.69. The molecule has 1 aliphatic carbocycles. The minimum Gasteiger partial charge on any atom is -0.480 e. The van der Waals surface area contributed by atoms with Crippen LogP contribution in [0, 0.1) is 0 Å². The number of carbonyl (C=O) groups is 2. The minimum absolute atomic E-state index is 0.0585. The molecule has 2 aromatic rings. The van der Waals surface area contributed by atoms with Gasteiger partial charge in [-0.1, -0.05) is 48.5 Å². The third-order valence-corrected chi connectivity index (χ3v) is 6.00. The molecule has 0 unspecified atom stereocenters. The number of fused-ring (bicyclic) bond motifs is 3. The fraction of sp³-hybridized carbons (Fsp3) is 0.300. The van der Waals surface area contributed by atoms with E-state index in [0.717, 1.165) is 32.8 Å². The van der Waals surface area contributed by atoms with E-state index in [2.05, 4.69) is 5.32 Å². The molecule has 1 aliphatic rings. The average Bonchev–Trinajstić information content (AvgIpc) is 2.98. The van der Waals surface area contributed by atoms with Crippen molar-refractivity contribution in [2.24, 2.45) is 0 Å². The summed E-state index contributed by atoms with van der Waals surface area (Å²) in [6.45, 7) is -0.734. The van der Waals surface area contributed by atoms with Gasteiger partial charge in [-0.2, -0.15) is 4.31 Å². The van der Waals surface area contributed by atoms with E-state index in [-0.39, 0.29) is 25.6 Å². The number of hydrogen-bond donors (Lipinski definition) is 2. The number of benzene rings is 2. The Hall–Kier alpha value is -2.91. The first-order valence-electron chi connectivity index (χ1n) is 9.03. The molecule has 9 heteroatoms. The van der Waals surface area contributed by atoms with Gasteiger partial charge in [0.15, 0.2) is 0 Å². The number of rotatable bonds is 8. The Kier molecular flexibility index (Phi) is 6.19. The van der Waals surface area contributed by atoms with Crippen LogP contribution in [-0.2, 0) is 19.6 Å². The van der Waals surface area contributed by atoms with Gasteiger partial charge >= 0.3 is 12.1 Å². The van der Waals surface area contributed by atoms with Crippen LogP contribution in [0.1, 0.15) is 17.0 Å². The molecule has 2 aromatic carbocycles. The van der Waals surface area contributed by atoms with Gasteiger partial charge in [0.2, 0.25) is 10.0 Å². The summed E-state index contributed by atoms with van der Waals surface area (Å²) in [5.74, 6) is -1.34. The molecule has 0 saturated heterocycles. The predicted octanol–water partition coefficient (Wildman–Crippen LogP) is 1.87. The highest BCUT2D eigenvalue weighted by molar-refractivity contribution is 7.88. The molecule has 154 valence electrons. The second kappa shape index (κ2) is 8.62. The zero-order chi connectivity index (χ0) is 21.0. The van der Waals surface area contributed by atoms with E-state index in [9.17, 15) is 18.0 Å². The number of alkyl carbamates (subject to hydrolysis) is 1. The molecule has 8 nitrogen and oxygen atoms in total. The number of carboxylic acid groups (broad SMARTS) is 1. The summed E-state index contributed by atoms with van der Waals surface area (Å²) >= 11 is 0. The van der Waals surface area contributed by atoms with Crippen molar-refractivity contribution in [2.75, 3.05) is 32.5 Å². The van der Waals surface area contributed by atoms with Crippen LogP contribution in [0.4, 0.5) is 4.79 Å². The van der Waals surface area contributed by atoms with Crippen LogP contribution >= 0.6 is 0 Å². The Morgan fingerprint density at radius 3 is 2.14 bits per heavy atom. The van der Waals surface area contributed by atoms with Gasteiger partial charge in [0.25, 0.3) is 0 Å². The quantitative estimate of drug-likeness (QED) is 0.677. The number of nitrogens with zero attached hydrogens (tertiary/aromatic N) is 1. The lowest BCUT2D eigenvalue weighted by molar-refractivity contribution is -0.137. The topological polar surface area (TPSA) is 113 Å². The van der Waals surface area contributed by atoms with Crippen LogP contribution in [0.3, 0.4) is 0 Å². The van der Waals surface area contributed by atoms with Crippen molar-refractivity contribution in [3.63, 3.8) is 0 Å². The van der Waals surface area contributed by atoms with Gasteiger partial charge in [0.05, 0.1) is 6.26 Å². The fourth-order valence-corrected chi connectivity index (χ4v) is 4.21. The summed E-state index contributed by atoms with van der Waals surface area (Å²) in [5.41, 5.74) is 4.42. The molecule has 0 aliphatic heterocycles. The monoisotopic (exact) mass is 418 g/mol. The minimum atomic E-state index is -3.69. The lowest BCUT2D eigenvalue weighted by atomic mass is 9.98. The summed E-state index contributed by atoms with van der Waals surface area (Å²) in [5, 5.41) is 11.3. The standard InChI is InChI=1S/C20H22N2O6S/c1-29(26,27)22(12-19(23)24)11-10-21-20(25)28-13-18-16-8-4-2-6-14(16)15-7-3-5-9-17(15)18/h2-9,18H,10-13H2,1H3,(H,21,25)(H,23,24). The van der Waals surface area contributed by atoms with Crippen LogP contribution in [0.25, 0.3) is 11.1 Å². The van der Waals surface area contributed by atoms with Crippen LogP contribution in [0.2, 0.25) is 0 Å². The second-order valence-electron chi connectivity index (χ2n) is 6.74. The summed E-state index contributed by atoms with van der Waals surface area (Å²) in [6, 6.07) is 15.9. The van der Waals surface area contributed by atoms with Crippen molar-refractivity contribution >= 4 is 22.1 Å². The molecular formula is C20H22N2O6S. The highest BCUT2D eigenvalue weighted by Gasteiger charge is 2.29. The molecule has 0 spiro atoms. The van der Waals surface area contributed by atoms with Gasteiger partial charge < -0.3 is 15.2 Å². The molecule has 0 heterocycles. The van der Waals surface area contributed by atoms with E-state index >= 15 is 0 Å². The Morgan fingerprint density at radius 2 is 1.62 bits per heavy atom. The highest BCUT2D eigenvalue weighted by Crippen LogP contribution is 2.44. The fourth-order valence-electron chi connectivity index (χ4n) is 3.45. The van der Waals surface area contributed by atoms with Gasteiger partial charge in [-0.25, -0.2) is 13.2 Å². The molecule has 0 fully saturated rings. The van der Waals surface area contributed by atoms with Crippen molar-refractivity contribution < 1.29 is 27.9 Å². The summed E-state index contributed by atoms with van der Waals surface area (Å²) in [6.07, 6.45) is 0.235. The molecule has 2 N–H and O–H groups in total. The van der Waals surface area contributed by atoms with Crippen molar-refractivity contribution in [1.29, 1.82) is 0 Å². The molecule has 0 bridgehead atoms. The maximum atomic E-state index is 12.1. The number of sulfonamides is 1. The smallest absolute Gasteiger partial charge is 0.407 e. The van der Waals surface area contributed by atoms with Crippen molar-refractivity contribution in [2.45, 2.75) is 5.92 Å². The van der Waals surface area contributed by atoms with Gasteiger partial charge in [-0.15, -0.1) is 0 Å². The molecule has 0 aromatic heterocycles. The molecule has 3 rings (SSSR count). The van der Waals surface area contributed by atoms with Crippen LogP contribution in [0.15, 0.2) is 48.5 Å². The Balaban J connectivity index is 1.57. The molecule has 0 saturated carbocycles. The lowest BCUT2D eigenvalue weighted by Crippen LogP contribution is -2.41. The molecular weight excluding hydrogens is 396 g/mol. The molecule has 0 atom stereocenters. The van der Waals surface area contributed by atoms with Crippen molar-refractivity contribution in [3.05, 3.63) is 59.7 Å². The average molecular weight is 418 g/mol. The van der Waals surface area contributed by atoms with Crippen LogP contribution in [-0.4, -0.2) is 62.4 Å². The number of hydrogen-bond acceptors (Lipinski definition) is 5. The van der Waals surface area contributed by atoms with E-state index in [1.54, 1.807) is 0 Å². The highest BCUT2D eigenvalue weighted by atomic mass is 32.2. The zero-order valence-electron chi connectivity index (χ0n) is 15.9. The second-order valence-corrected chi connectivity index (χ2v) is 8.73. The Morgan fingerprint density at radius 1 is 1.07 bits per heavy atom. The first-order chi connectivity index (χ1) is 13.8. The number of carboxylic acids is 1. The van der Waals surface area contributed by atoms with Crippen molar-refractivity contribution in [1.82, 2.24) is 9.62 Å². The number of nitrogens with one attached hydrogen (secondary N) is 1. The van der Waals surface area contributed by atoms with E-state index < -0.39 is 28.6 Å². The van der Waals surface area contributed by atoms with Gasteiger partial charge in [0, 0.05) is 19.0 Å². The first-order valence-corrected chi connectivity index (χ1v) is 10.9. The lowest BCUT2D eigenvalue weighted by Gasteiger charge is -2.18. The Labute approximate surface area is 169 Å². The van der Waals surface area contributed by atoms with E-state index in [1.807, 2.05) is 48.5 Å².